The molecule has 0 spiro atoms. The fourth-order valence-electron chi connectivity index (χ4n) is 1.38. The lowest BCUT2D eigenvalue weighted by atomic mass is 10.2. The van der Waals surface area contributed by atoms with Crippen LogP contribution in [0, 0.1) is 6.92 Å². The van der Waals surface area contributed by atoms with E-state index in [4.69, 9.17) is 14.9 Å². The van der Waals surface area contributed by atoms with Crippen LogP contribution in [0.4, 0.5) is 0 Å². The molecule has 0 amide bonds. The molecular weight excluding hydrogens is 234 g/mol. The first-order chi connectivity index (χ1) is 8.65. The Morgan fingerprint density at radius 2 is 1.78 bits per heavy atom. The summed E-state index contributed by atoms with van der Waals surface area (Å²) in [5.41, 5.74) is 1.15. The van der Waals surface area contributed by atoms with Crippen molar-refractivity contribution in [3.63, 3.8) is 0 Å². The first kappa shape index (κ1) is 14.9. The molecule has 5 nitrogen and oxygen atoms in total. The Morgan fingerprint density at radius 3 is 2.33 bits per heavy atom. The average Bonchev–Trinajstić information content (AvgIpc) is 2.39. The second kappa shape index (κ2) is 8.05. The number of hydrogen-bond acceptors (Lipinski definition) is 5. The van der Waals surface area contributed by atoms with Gasteiger partial charge in [-0.2, -0.15) is 0 Å². The first-order valence-corrected chi connectivity index (χ1v) is 5.98. The van der Waals surface area contributed by atoms with Crippen LogP contribution in [0.2, 0.25) is 0 Å². The second-order valence-electron chi connectivity index (χ2n) is 4.25. The third-order valence-corrected chi connectivity index (χ3v) is 2.55. The van der Waals surface area contributed by atoms with E-state index in [2.05, 4.69) is 5.32 Å². The Hall–Kier alpha value is -1.14. The standard InChI is InChI=1S/C13H21NO4/c1-10-2-4-13(5-3-10)18-9-12(17)6-14-11(7-15)8-16/h2-5,11-12,14-17H,6-9H2,1H3. The maximum absolute atomic E-state index is 9.65. The molecule has 1 aromatic rings. The lowest BCUT2D eigenvalue weighted by Gasteiger charge is -2.17. The van der Waals surface area contributed by atoms with Gasteiger partial charge in [0.25, 0.3) is 0 Å². The molecule has 102 valence electrons. The number of benzene rings is 1. The van der Waals surface area contributed by atoms with Crippen LogP contribution in [0.3, 0.4) is 0 Å². The summed E-state index contributed by atoms with van der Waals surface area (Å²) in [5, 5.41) is 30.2. The quantitative estimate of drug-likeness (QED) is 0.512. The largest absolute Gasteiger partial charge is 0.491 e. The Bertz CT molecular complexity index is 324. The van der Waals surface area contributed by atoms with E-state index in [1.807, 2.05) is 31.2 Å². The highest BCUT2D eigenvalue weighted by atomic mass is 16.5. The van der Waals surface area contributed by atoms with Crippen LogP contribution in [0.25, 0.3) is 0 Å². The van der Waals surface area contributed by atoms with Gasteiger partial charge in [0.05, 0.1) is 19.3 Å². The molecule has 0 saturated heterocycles. The van der Waals surface area contributed by atoms with Gasteiger partial charge in [-0.1, -0.05) is 17.7 Å². The zero-order chi connectivity index (χ0) is 13.4. The summed E-state index contributed by atoms with van der Waals surface area (Å²) < 4.78 is 5.41. The van der Waals surface area contributed by atoms with Gasteiger partial charge in [0, 0.05) is 6.54 Å². The third kappa shape index (κ3) is 5.46. The number of aliphatic hydroxyl groups is 3. The van der Waals surface area contributed by atoms with Crippen LogP contribution >= 0.6 is 0 Å². The summed E-state index contributed by atoms with van der Waals surface area (Å²) in [6.07, 6.45) is -0.688. The van der Waals surface area contributed by atoms with Gasteiger partial charge in [-0.15, -0.1) is 0 Å². The number of aliphatic hydroxyl groups excluding tert-OH is 3. The molecule has 0 aromatic heterocycles. The second-order valence-corrected chi connectivity index (χ2v) is 4.25. The molecule has 1 rings (SSSR count). The molecule has 0 aliphatic carbocycles. The molecule has 4 N–H and O–H groups in total. The van der Waals surface area contributed by atoms with Crippen LogP contribution in [0.1, 0.15) is 5.56 Å². The van der Waals surface area contributed by atoms with E-state index in [1.165, 1.54) is 0 Å². The lowest BCUT2D eigenvalue weighted by molar-refractivity contribution is 0.0929. The Labute approximate surface area is 107 Å². The molecule has 0 heterocycles. The molecule has 0 saturated carbocycles. The minimum Gasteiger partial charge on any atom is -0.491 e. The third-order valence-electron chi connectivity index (χ3n) is 2.55. The topological polar surface area (TPSA) is 82.0 Å². The zero-order valence-electron chi connectivity index (χ0n) is 10.5. The van der Waals surface area contributed by atoms with Gasteiger partial charge >= 0.3 is 0 Å². The summed E-state index contributed by atoms with van der Waals surface area (Å²) in [6, 6.07) is 7.17. The predicted molar refractivity (Wildman–Crippen MR) is 68.6 cm³/mol. The van der Waals surface area contributed by atoms with Crippen LogP contribution in [-0.4, -0.2) is 53.8 Å². The first-order valence-electron chi connectivity index (χ1n) is 5.98. The van der Waals surface area contributed by atoms with Crippen LogP contribution < -0.4 is 10.1 Å². The smallest absolute Gasteiger partial charge is 0.119 e. The number of ether oxygens (including phenoxy) is 1. The van der Waals surface area contributed by atoms with Crippen molar-refractivity contribution in [2.75, 3.05) is 26.4 Å². The molecule has 0 fully saturated rings. The van der Waals surface area contributed by atoms with E-state index >= 15 is 0 Å². The van der Waals surface area contributed by atoms with Crippen molar-refractivity contribution in [1.82, 2.24) is 5.32 Å². The van der Waals surface area contributed by atoms with Crippen molar-refractivity contribution < 1.29 is 20.1 Å². The molecule has 0 bridgehead atoms. The molecule has 1 aromatic carbocycles. The SMILES string of the molecule is Cc1ccc(OCC(O)CNC(CO)CO)cc1. The molecular formula is C13H21NO4. The van der Waals surface area contributed by atoms with Crippen molar-refractivity contribution in [1.29, 1.82) is 0 Å². The van der Waals surface area contributed by atoms with Gasteiger partial charge in [0.2, 0.25) is 0 Å². The van der Waals surface area contributed by atoms with E-state index in [0.717, 1.165) is 5.56 Å². The average molecular weight is 255 g/mol. The molecule has 0 aliphatic heterocycles. The highest BCUT2D eigenvalue weighted by Crippen LogP contribution is 2.11. The summed E-state index contributed by atoms with van der Waals surface area (Å²) in [5.74, 6) is 0.709. The van der Waals surface area contributed by atoms with Crippen molar-refractivity contribution in [2.24, 2.45) is 0 Å². The summed E-state index contributed by atoms with van der Waals surface area (Å²) in [7, 11) is 0. The maximum Gasteiger partial charge on any atom is 0.119 e. The van der Waals surface area contributed by atoms with E-state index in [0.29, 0.717) is 5.75 Å². The molecule has 0 aliphatic rings. The summed E-state index contributed by atoms with van der Waals surface area (Å²) in [6.45, 7) is 2.09. The van der Waals surface area contributed by atoms with Gasteiger partial charge in [-0.05, 0) is 19.1 Å². The Morgan fingerprint density at radius 1 is 1.17 bits per heavy atom. The molecule has 0 radical (unpaired) electrons. The minimum atomic E-state index is -0.688. The summed E-state index contributed by atoms with van der Waals surface area (Å²) in [4.78, 5) is 0. The van der Waals surface area contributed by atoms with Crippen molar-refractivity contribution in [3.05, 3.63) is 29.8 Å². The molecule has 1 atom stereocenters. The van der Waals surface area contributed by atoms with Crippen LogP contribution in [-0.2, 0) is 0 Å². The molecule has 18 heavy (non-hydrogen) atoms. The van der Waals surface area contributed by atoms with E-state index < -0.39 is 12.1 Å². The Kier molecular flexibility index (Phi) is 6.67. The highest BCUT2D eigenvalue weighted by Gasteiger charge is 2.09. The number of aryl methyl sites for hydroxylation is 1. The van der Waals surface area contributed by atoms with Crippen LogP contribution in [0.15, 0.2) is 24.3 Å². The van der Waals surface area contributed by atoms with Gasteiger partial charge in [0.1, 0.15) is 18.5 Å². The molecule has 5 heteroatoms. The number of nitrogens with one attached hydrogen (secondary N) is 1. The van der Waals surface area contributed by atoms with Crippen molar-refractivity contribution in [2.45, 2.75) is 19.1 Å². The van der Waals surface area contributed by atoms with Gasteiger partial charge in [-0.3, -0.25) is 0 Å². The zero-order valence-corrected chi connectivity index (χ0v) is 10.5. The van der Waals surface area contributed by atoms with Gasteiger partial charge in [0.15, 0.2) is 0 Å². The van der Waals surface area contributed by atoms with E-state index in [1.54, 1.807) is 0 Å². The van der Waals surface area contributed by atoms with Gasteiger partial charge in [-0.25, -0.2) is 0 Å². The predicted octanol–water partition coefficient (Wildman–Crippen LogP) is -0.322. The van der Waals surface area contributed by atoms with Crippen molar-refractivity contribution in [3.8, 4) is 5.75 Å². The fourth-order valence-corrected chi connectivity index (χ4v) is 1.38. The molecule has 1 unspecified atom stereocenters. The highest BCUT2D eigenvalue weighted by molar-refractivity contribution is 5.26. The van der Waals surface area contributed by atoms with Gasteiger partial charge < -0.3 is 25.4 Å². The minimum absolute atomic E-state index is 0.165. The monoisotopic (exact) mass is 255 g/mol. The van der Waals surface area contributed by atoms with E-state index in [-0.39, 0.29) is 26.4 Å². The summed E-state index contributed by atoms with van der Waals surface area (Å²) >= 11 is 0. The fraction of sp³-hybridized carbons (Fsp3) is 0.538. The normalized spacial score (nSPS) is 12.7. The Balaban J connectivity index is 2.24. The maximum atomic E-state index is 9.65. The number of rotatable bonds is 8. The van der Waals surface area contributed by atoms with Crippen molar-refractivity contribution >= 4 is 0 Å². The lowest BCUT2D eigenvalue weighted by Crippen LogP contribution is -2.41. The number of hydrogen-bond donors (Lipinski definition) is 4. The van der Waals surface area contributed by atoms with E-state index in [9.17, 15) is 5.11 Å². The van der Waals surface area contributed by atoms with Crippen LogP contribution in [0.5, 0.6) is 5.75 Å².